The number of aromatic nitrogens is 2. The summed E-state index contributed by atoms with van der Waals surface area (Å²) in [6, 6.07) is 0. The van der Waals surface area contributed by atoms with Crippen LogP contribution in [0.4, 0.5) is 0 Å². The zero-order chi connectivity index (χ0) is 11.4. The fraction of sp³-hybridized carbons (Fsp3) is 0.667. The van der Waals surface area contributed by atoms with Gasteiger partial charge in [-0.1, -0.05) is 13.8 Å². The first-order valence-corrected chi connectivity index (χ1v) is 6.58. The van der Waals surface area contributed by atoms with E-state index in [2.05, 4.69) is 5.10 Å². The standard InChI is InChI=1S/C7H12N2O2S.C2H6/c1-4-9-5-7(6(2)8-9)12(3,10)11;1-2/h5H,4H2,1-3H3;1-2H3. The van der Waals surface area contributed by atoms with Crippen LogP contribution in [-0.2, 0) is 16.4 Å². The van der Waals surface area contributed by atoms with E-state index in [9.17, 15) is 8.42 Å². The first-order chi connectivity index (χ1) is 6.45. The van der Waals surface area contributed by atoms with Crippen molar-refractivity contribution in [1.82, 2.24) is 9.78 Å². The smallest absolute Gasteiger partial charge is 0.178 e. The third-order valence-electron chi connectivity index (χ3n) is 1.62. The summed E-state index contributed by atoms with van der Waals surface area (Å²) in [6.45, 7) is 8.30. The number of hydrogen-bond acceptors (Lipinski definition) is 3. The predicted molar refractivity (Wildman–Crippen MR) is 57.1 cm³/mol. The minimum absolute atomic E-state index is 0.323. The van der Waals surface area contributed by atoms with Crippen LogP contribution in [-0.4, -0.2) is 24.5 Å². The Kier molecular flexibility index (Phi) is 4.83. The maximum atomic E-state index is 11.1. The van der Waals surface area contributed by atoms with Crippen molar-refractivity contribution >= 4 is 9.84 Å². The monoisotopic (exact) mass is 218 g/mol. The van der Waals surface area contributed by atoms with Gasteiger partial charge in [-0.25, -0.2) is 8.42 Å². The van der Waals surface area contributed by atoms with Crippen molar-refractivity contribution in [2.24, 2.45) is 0 Å². The molecule has 14 heavy (non-hydrogen) atoms. The fourth-order valence-corrected chi connectivity index (χ4v) is 1.92. The second-order valence-corrected chi connectivity index (χ2v) is 4.69. The molecule has 4 nitrogen and oxygen atoms in total. The molecule has 0 saturated heterocycles. The Morgan fingerprint density at radius 3 is 2.14 bits per heavy atom. The number of nitrogens with zero attached hydrogens (tertiary/aromatic N) is 2. The summed E-state index contributed by atoms with van der Waals surface area (Å²) in [4.78, 5) is 0.323. The van der Waals surface area contributed by atoms with Gasteiger partial charge in [0.2, 0.25) is 0 Å². The van der Waals surface area contributed by atoms with Crippen molar-refractivity contribution in [2.45, 2.75) is 39.1 Å². The van der Waals surface area contributed by atoms with Gasteiger partial charge in [0.05, 0.1) is 5.69 Å². The van der Waals surface area contributed by atoms with E-state index in [1.807, 2.05) is 20.8 Å². The van der Waals surface area contributed by atoms with Crippen LogP contribution in [0.3, 0.4) is 0 Å². The Morgan fingerprint density at radius 1 is 1.43 bits per heavy atom. The summed E-state index contributed by atoms with van der Waals surface area (Å²) in [7, 11) is -3.11. The van der Waals surface area contributed by atoms with Gasteiger partial charge in [0.15, 0.2) is 9.84 Å². The molecule has 0 fully saturated rings. The van der Waals surface area contributed by atoms with Gasteiger partial charge >= 0.3 is 0 Å². The van der Waals surface area contributed by atoms with Crippen molar-refractivity contribution in [3.8, 4) is 0 Å². The molecule has 1 heterocycles. The van der Waals surface area contributed by atoms with E-state index in [1.165, 1.54) is 6.26 Å². The third-order valence-corrected chi connectivity index (χ3v) is 2.82. The molecule has 0 spiro atoms. The van der Waals surface area contributed by atoms with Crippen LogP contribution < -0.4 is 0 Å². The van der Waals surface area contributed by atoms with Gasteiger partial charge in [-0.2, -0.15) is 5.10 Å². The topological polar surface area (TPSA) is 52.0 Å². The average molecular weight is 218 g/mol. The van der Waals surface area contributed by atoms with Crippen LogP contribution in [0.15, 0.2) is 11.1 Å². The molecule has 1 aromatic rings. The second-order valence-electron chi connectivity index (χ2n) is 2.71. The van der Waals surface area contributed by atoms with E-state index in [-0.39, 0.29) is 0 Å². The van der Waals surface area contributed by atoms with Gasteiger partial charge in [0.1, 0.15) is 4.90 Å². The van der Waals surface area contributed by atoms with Crippen molar-refractivity contribution in [3.63, 3.8) is 0 Å². The minimum atomic E-state index is -3.11. The Morgan fingerprint density at radius 2 is 1.93 bits per heavy atom. The molecule has 0 aliphatic rings. The minimum Gasteiger partial charge on any atom is -0.271 e. The van der Waals surface area contributed by atoms with Crippen LogP contribution in [0.1, 0.15) is 26.5 Å². The summed E-state index contributed by atoms with van der Waals surface area (Å²) < 4.78 is 23.9. The highest BCUT2D eigenvalue weighted by Crippen LogP contribution is 2.12. The highest BCUT2D eigenvalue weighted by molar-refractivity contribution is 7.90. The molecule has 0 aliphatic heterocycles. The summed E-state index contributed by atoms with van der Waals surface area (Å²) in [5, 5.41) is 4.03. The fourth-order valence-electron chi connectivity index (χ4n) is 1.03. The molecule has 0 aliphatic carbocycles. The van der Waals surface area contributed by atoms with Gasteiger partial charge in [0.25, 0.3) is 0 Å². The summed E-state index contributed by atoms with van der Waals surface area (Å²) in [5.74, 6) is 0. The van der Waals surface area contributed by atoms with E-state index in [0.29, 0.717) is 17.1 Å². The van der Waals surface area contributed by atoms with Crippen molar-refractivity contribution in [2.75, 3.05) is 6.26 Å². The Labute approximate surface area is 85.9 Å². The summed E-state index contributed by atoms with van der Waals surface area (Å²) in [5.41, 5.74) is 0.569. The molecule has 1 rings (SSSR count). The largest absolute Gasteiger partial charge is 0.271 e. The molecule has 0 atom stereocenters. The van der Waals surface area contributed by atoms with Gasteiger partial charge in [-0.3, -0.25) is 4.68 Å². The second kappa shape index (κ2) is 5.14. The zero-order valence-corrected chi connectivity index (χ0v) is 10.2. The quantitative estimate of drug-likeness (QED) is 0.758. The molecule has 0 amide bonds. The van der Waals surface area contributed by atoms with E-state index < -0.39 is 9.84 Å². The van der Waals surface area contributed by atoms with Crippen LogP contribution in [0.5, 0.6) is 0 Å². The third kappa shape index (κ3) is 3.14. The first kappa shape index (κ1) is 13.2. The molecule has 5 heteroatoms. The lowest BCUT2D eigenvalue weighted by molar-refractivity contribution is 0.601. The van der Waals surface area contributed by atoms with Crippen LogP contribution in [0.25, 0.3) is 0 Å². The molecule has 0 saturated carbocycles. The van der Waals surface area contributed by atoms with Gasteiger partial charge in [-0.15, -0.1) is 0 Å². The number of hydrogen-bond donors (Lipinski definition) is 0. The highest BCUT2D eigenvalue weighted by Gasteiger charge is 2.13. The molecule has 1 aromatic heterocycles. The molecular weight excluding hydrogens is 200 g/mol. The SMILES string of the molecule is CC.CCn1cc(S(C)(=O)=O)c(C)n1. The maximum Gasteiger partial charge on any atom is 0.178 e. The lowest BCUT2D eigenvalue weighted by Crippen LogP contribution is -1.97. The highest BCUT2D eigenvalue weighted by atomic mass is 32.2. The van der Waals surface area contributed by atoms with Crippen LogP contribution in [0, 0.1) is 6.92 Å². The lowest BCUT2D eigenvalue weighted by atomic mass is 10.5. The van der Waals surface area contributed by atoms with E-state index >= 15 is 0 Å². The van der Waals surface area contributed by atoms with Crippen molar-refractivity contribution in [1.29, 1.82) is 0 Å². The average Bonchev–Trinajstić information content (AvgIpc) is 2.49. The molecule has 0 unspecified atom stereocenters. The lowest BCUT2D eigenvalue weighted by Gasteiger charge is -1.91. The molecule has 0 aromatic carbocycles. The van der Waals surface area contributed by atoms with Gasteiger partial charge in [0, 0.05) is 19.0 Å². The number of sulfone groups is 1. The Balaban J connectivity index is 0.000000791. The normalized spacial score (nSPS) is 10.6. The molecule has 0 radical (unpaired) electrons. The van der Waals surface area contributed by atoms with E-state index in [1.54, 1.807) is 17.8 Å². The Hall–Kier alpha value is -0.840. The zero-order valence-electron chi connectivity index (χ0n) is 9.40. The van der Waals surface area contributed by atoms with Crippen molar-refractivity contribution < 1.29 is 8.42 Å². The first-order valence-electron chi connectivity index (χ1n) is 4.69. The summed E-state index contributed by atoms with van der Waals surface area (Å²) in [6.07, 6.45) is 2.75. The Bertz CT molecular complexity index is 380. The number of rotatable bonds is 2. The molecule has 0 N–H and O–H groups in total. The maximum absolute atomic E-state index is 11.1. The van der Waals surface area contributed by atoms with E-state index in [4.69, 9.17) is 0 Å². The molecule has 82 valence electrons. The van der Waals surface area contributed by atoms with Crippen molar-refractivity contribution in [3.05, 3.63) is 11.9 Å². The van der Waals surface area contributed by atoms with Gasteiger partial charge in [-0.05, 0) is 13.8 Å². The van der Waals surface area contributed by atoms with E-state index in [0.717, 1.165) is 0 Å². The molecule has 0 bridgehead atoms. The van der Waals surface area contributed by atoms with Crippen LogP contribution in [0.2, 0.25) is 0 Å². The predicted octanol–water partition coefficient (Wildman–Crippen LogP) is 1.64. The van der Waals surface area contributed by atoms with Gasteiger partial charge < -0.3 is 0 Å². The number of aryl methyl sites for hydroxylation is 2. The van der Waals surface area contributed by atoms with Crippen LogP contribution >= 0.6 is 0 Å². The summed E-state index contributed by atoms with van der Waals surface area (Å²) >= 11 is 0. The molecular formula is C9H18N2O2S.